The zero-order valence-corrected chi connectivity index (χ0v) is 12.0. The first kappa shape index (κ1) is 12.0. The molecule has 3 heteroatoms. The van der Waals surface area contributed by atoms with Gasteiger partial charge in [0, 0.05) is 5.54 Å². The lowest BCUT2D eigenvalue weighted by Gasteiger charge is -2.42. The van der Waals surface area contributed by atoms with Gasteiger partial charge in [-0.05, 0) is 51.7 Å². The van der Waals surface area contributed by atoms with E-state index in [-0.39, 0.29) is 10.9 Å². The van der Waals surface area contributed by atoms with Crippen LogP contribution in [0.5, 0.6) is 0 Å². The second kappa shape index (κ2) is 3.99. The zero-order valence-electron chi connectivity index (χ0n) is 11.2. The Morgan fingerprint density at radius 1 is 1.39 bits per heavy atom. The van der Waals surface area contributed by atoms with E-state index in [0.29, 0.717) is 0 Å². The van der Waals surface area contributed by atoms with E-state index in [4.69, 9.17) is 16.6 Å². The van der Waals surface area contributed by atoms with Crippen molar-refractivity contribution in [2.75, 3.05) is 0 Å². The Labute approximate surface area is 113 Å². The van der Waals surface area contributed by atoms with Crippen LogP contribution in [0.15, 0.2) is 18.2 Å². The van der Waals surface area contributed by atoms with Crippen molar-refractivity contribution >= 4 is 22.6 Å². The third-order valence-corrected chi connectivity index (χ3v) is 4.43. The fourth-order valence-electron chi connectivity index (χ4n) is 3.04. The molecular weight excluding hydrogens is 244 g/mol. The SMILES string of the molecule is Cc1cccc2nc(C(C)Cl)n(C3(C)CCC3)c12. The number of aryl methyl sites for hydroxylation is 1. The molecule has 0 saturated heterocycles. The lowest BCUT2D eigenvalue weighted by molar-refractivity contribution is 0.169. The maximum Gasteiger partial charge on any atom is 0.128 e. The van der Waals surface area contributed by atoms with Gasteiger partial charge in [0.15, 0.2) is 0 Å². The Balaban J connectivity index is 2.34. The van der Waals surface area contributed by atoms with Gasteiger partial charge in [0.2, 0.25) is 0 Å². The molecule has 18 heavy (non-hydrogen) atoms. The van der Waals surface area contributed by atoms with Gasteiger partial charge in [0.25, 0.3) is 0 Å². The van der Waals surface area contributed by atoms with Crippen LogP contribution in [0.25, 0.3) is 11.0 Å². The largest absolute Gasteiger partial charge is 0.321 e. The number of imidazole rings is 1. The van der Waals surface area contributed by atoms with E-state index < -0.39 is 0 Å². The smallest absolute Gasteiger partial charge is 0.128 e. The van der Waals surface area contributed by atoms with Gasteiger partial charge in [-0.15, -0.1) is 11.6 Å². The first-order chi connectivity index (χ1) is 8.53. The van der Waals surface area contributed by atoms with Crippen LogP contribution in [0.3, 0.4) is 0 Å². The summed E-state index contributed by atoms with van der Waals surface area (Å²) in [6, 6.07) is 6.32. The topological polar surface area (TPSA) is 17.8 Å². The fourth-order valence-corrected chi connectivity index (χ4v) is 3.18. The molecule has 2 aromatic rings. The van der Waals surface area contributed by atoms with E-state index in [9.17, 15) is 0 Å². The van der Waals surface area contributed by atoms with Crippen LogP contribution < -0.4 is 0 Å². The summed E-state index contributed by atoms with van der Waals surface area (Å²) in [5.41, 5.74) is 3.84. The minimum atomic E-state index is -0.0470. The molecule has 0 spiro atoms. The molecule has 96 valence electrons. The summed E-state index contributed by atoms with van der Waals surface area (Å²) in [6.45, 7) is 6.49. The number of rotatable bonds is 2. The molecule has 0 N–H and O–H groups in total. The third kappa shape index (κ3) is 1.58. The number of benzene rings is 1. The molecule has 1 heterocycles. The quantitative estimate of drug-likeness (QED) is 0.727. The highest BCUT2D eigenvalue weighted by atomic mass is 35.5. The van der Waals surface area contributed by atoms with Gasteiger partial charge in [0.1, 0.15) is 5.82 Å². The van der Waals surface area contributed by atoms with Gasteiger partial charge in [-0.1, -0.05) is 12.1 Å². The Morgan fingerprint density at radius 3 is 2.67 bits per heavy atom. The summed E-state index contributed by atoms with van der Waals surface area (Å²) >= 11 is 6.34. The van der Waals surface area contributed by atoms with E-state index in [0.717, 1.165) is 11.3 Å². The summed E-state index contributed by atoms with van der Waals surface area (Å²) < 4.78 is 2.40. The lowest BCUT2D eigenvalue weighted by Crippen LogP contribution is -2.38. The van der Waals surface area contributed by atoms with Crippen LogP contribution in [-0.4, -0.2) is 9.55 Å². The minimum absolute atomic E-state index is 0.0470. The molecule has 1 aromatic carbocycles. The highest BCUT2D eigenvalue weighted by molar-refractivity contribution is 6.20. The Hall–Kier alpha value is -1.02. The average Bonchev–Trinajstić information content (AvgIpc) is 2.67. The molecule has 1 atom stereocenters. The molecule has 3 rings (SSSR count). The highest BCUT2D eigenvalue weighted by Crippen LogP contribution is 2.43. The monoisotopic (exact) mass is 262 g/mol. The number of halogens is 1. The molecule has 1 fully saturated rings. The summed E-state index contributed by atoms with van der Waals surface area (Å²) in [5.74, 6) is 1.02. The predicted octanol–water partition coefficient (Wildman–Crippen LogP) is 4.54. The van der Waals surface area contributed by atoms with Gasteiger partial charge >= 0.3 is 0 Å². The molecule has 1 aliphatic rings. The number of aromatic nitrogens is 2. The summed E-state index contributed by atoms with van der Waals surface area (Å²) in [4.78, 5) is 4.75. The molecule has 1 saturated carbocycles. The van der Waals surface area contributed by atoms with Gasteiger partial charge < -0.3 is 4.57 Å². The van der Waals surface area contributed by atoms with Crippen LogP contribution in [0.2, 0.25) is 0 Å². The molecule has 1 unspecified atom stereocenters. The van der Waals surface area contributed by atoms with Crippen molar-refractivity contribution in [3.63, 3.8) is 0 Å². The van der Waals surface area contributed by atoms with Crippen molar-refractivity contribution in [3.05, 3.63) is 29.6 Å². The van der Waals surface area contributed by atoms with Gasteiger partial charge in [-0.3, -0.25) is 0 Å². The average molecular weight is 263 g/mol. The van der Waals surface area contributed by atoms with Crippen LogP contribution in [0.1, 0.15) is 49.9 Å². The van der Waals surface area contributed by atoms with Gasteiger partial charge in [0.05, 0.1) is 16.4 Å². The zero-order chi connectivity index (χ0) is 12.9. The molecule has 1 aromatic heterocycles. The van der Waals surface area contributed by atoms with E-state index in [1.807, 2.05) is 6.92 Å². The van der Waals surface area contributed by atoms with E-state index >= 15 is 0 Å². The van der Waals surface area contributed by atoms with Crippen molar-refractivity contribution in [2.45, 2.75) is 50.9 Å². The van der Waals surface area contributed by atoms with Crippen LogP contribution in [0, 0.1) is 6.92 Å². The van der Waals surface area contributed by atoms with Crippen molar-refractivity contribution in [1.82, 2.24) is 9.55 Å². The Morgan fingerprint density at radius 2 is 2.11 bits per heavy atom. The van der Waals surface area contributed by atoms with E-state index in [1.165, 1.54) is 30.3 Å². The second-order valence-electron chi connectivity index (χ2n) is 5.71. The summed E-state index contributed by atoms with van der Waals surface area (Å²) in [7, 11) is 0. The standard InChI is InChI=1S/C15H19ClN2/c1-10-6-4-7-12-13(10)18(14(17-12)11(2)16)15(3)8-5-9-15/h4,6-7,11H,5,8-9H2,1-3H3. The molecule has 0 aliphatic heterocycles. The number of nitrogens with zero attached hydrogens (tertiary/aromatic N) is 2. The molecule has 1 aliphatic carbocycles. The molecule has 0 amide bonds. The lowest BCUT2D eigenvalue weighted by atomic mass is 9.78. The first-order valence-electron chi connectivity index (χ1n) is 6.65. The molecular formula is C15H19ClN2. The number of fused-ring (bicyclic) bond motifs is 1. The van der Waals surface area contributed by atoms with E-state index in [1.54, 1.807) is 0 Å². The Bertz CT molecular complexity index is 594. The molecule has 0 bridgehead atoms. The van der Waals surface area contributed by atoms with Gasteiger partial charge in [-0.25, -0.2) is 4.98 Å². The predicted molar refractivity (Wildman–Crippen MR) is 76.2 cm³/mol. The van der Waals surface area contributed by atoms with Crippen molar-refractivity contribution in [3.8, 4) is 0 Å². The number of alkyl halides is 1. The first-order valence-corrected chi connectivity index (χ1v) is 7.09. The van der Waals surface area contributed by atoms with Crippen molar-refractivity contribution < 1.29 is 0 Å². The van der Waals surface area contributed by atoms with Crippen LogP contribution >= 0.6 is 11.6 Å². The van der Waals surface area contributed by atoms with E-state index in [2.05, 4.69) is 36.6 Å². The second-order valence-corrected chi connectivity index (χ2v) is 6.37. The highest BCUT2D eigenvalue weighted by Gasteiger charge is 2.37. The maximum absolute atomic E-state index is 6.34. The number of hydrogen-bond donors (Lipinski definition) is 0. The number of hydrogen-bond acceptors (Lipinski definition) is 1. The normalized spacial score (nSPS) is 19.8. The Kier molecular flexibility index (Phi) is 2.67. The van der Waals surface area contributed by atoms with Crippen LogP contribution in [-0.2, 0) is 5.54 Å². The van der Waals surface area contributed by atoms with Crippen LogP contribution in [0.4, 0.5) is 0 Å². The minimum Gasteiger partial charge on any atom is -0.321 e. The summed E-state index contributed by atoms with van der Waals surface area (Å²) in [5, 5.41) is -0.0470. The van der Waals surface area contributed by atoms with Crippen molar-refractivity contribution in [1.29, 1.82) is 0 Å². The third-order valence-electron chi connectivity index (χ3n) is 4.23. The molecule has 0 radical (unpaired) electrons. The van der Waals surface area contributed by atoms with Gasteiger partial charge in [-0.2, -0.15) is 0 Å². The number of para-hydroxylation sites is 1. The van der Waals surface area contributed by atoms with Crippen molar-refractivity contribution in [2.24, 2.45) is 0 Å². The maximum atomic E-state index is 6.34. The fraction of sp³-hybridized carbons (Fsp3) is 0.533. The summed E-state index contributed by atoms with van der Waals surface area (Å²) in [6.07, 6.45) is 3.75. The molecule has 2 nitrogen and oxygen atoms in total.